The summed E-state index contributed by atoms with van der Waals surface area (Å²) in [6.45, 7) is 1.52. The summed E-state index contributed by atoms with van der Waals surface area (Å²) >= 11 is 0. The molecule has 13 heteroatoms. The average Bonchev–Trinajstić information content (AvgIpc) is 3.34. The molecule has 0 radical (unpaired) electrons. The van der Waals surface area contributed by atoms with Gasteiger partial charge in [-0.2, -0.15) is 26.3 Å². The number of carbonyl (C=O) groups is 2. The van der Waals surface area contributed by atoms with E-state index in [2.05, 4.69) is 10.3 Å². The molecule has 0 spiro atoms. The predicted octanol–water partition coefficient (Wildman–Crippen LogP) is 7.26. The molecular formula is C31H26F6N2O5. The Labute approximate surface area is 247 Å². The van der Waals surface area contributed by atoms with Gasteiger partial charge in [-0.1, -0.05) is 24.3 Å². The molecule has 0 saturated carbocycles. The Morgan fingerprint density at radius 2 is 1.64 bits per heavy atom. The van der Waals surface area contributed by atoms with Crippen LogP contribution in [-0.4, -0.2) is 28.6 Å². The number of amides is 1. The fourth-order valence-corrected chi connectivity index (χ4v) is 4.40. The number of halogens is 6. The van der Waals surface area contributed by atoms with Crippen molar-refractivity contribution in [1.82, 2.24) is 10.3 Å². The lowest BCUT2D eigenvalue weighted by atomic mass is 10.0. The second-order valence-electron chi connectivity index (χ2n) is 9.75. The number of aliphatic carboxylic acids is 1. The first-order valence-electron chi connectivity index (χ1n) is 13.3. The van der Waals surface area contributed by atoms with E-state index >= 15 is 0 Å². The smallest absolute Gasteiger partial charge is 0.417 e. The van der Waals surface area contributed by atoms with E-state index in [9.17, 15) is 35.9 Å². The molecule has 44 heavy (non-hydrogen) atoms. The number of hydrogen-bond donors (Lipinski definition) is 2. The first-order valence-corrected chi connectivity index (χ1v) is 13.3. The fourth-order valence-electron chi connectivity index (χ4n) is 4.40. The number of hydrogen-bond acceptors (Lipinski definition) is 5. The lowest BCUT2D eigenvalue weighted by Crippen LogP contribution is -2.27. The molecule has 232 valence electrons. The van der Waals surface area contributed by atoms with Crippen LogP contribution in [0.1, 0.15) is 50.5 Å². The zero-order valence-corrected chi connectivity index (χ0v) is 23.2. The van der Waals surface area contributed by atoms with Gasteiger partial charge in [0, 0.05) is 24.9 Å². The van der Waals surface area contributed by atoms with Gasteiger partial charge >= 0.3 is 18.3 Å². The van der Waals surface area contributed by atoms with Crippen molar-refractivity contribution in [3.63, 3.8) is 0 Å². The standard InChI is InChI=1S/C31H26F6N2O5/c1-18-26(39-29(44-18)20-5-3-2-4-6-20)13-14-43-23-10-7-19(8-12-27(40)41)21(15-23)17-38-28(42)24-16-22(30(32,33)34)9-11-25(24)31(35,36)37/h2-7,9-11,15-16H,8,12-14,17H2,1H3,(H,38,42)(H,40,41). The summed E-state index contributed by atoms with van der Waals surface area (Å²) in [5.74, 6) is -1.11. The fraction of sp³-hybridized carbons (Fsp3) is 0.258. The van der Waals surface area contributed by atoms with Gasteiger partial charge in [0.15, 0.2) is 0 Å². The molecule has 0 atom stereocenters. The van der Waals surface area contributed by atoms with Crippen LogP contribution in [0.3, 0.4) is 0 Å². The number of aryl methyl sites for hydroxylation is 2. The topological polar surface area (TPSA) is 102 Å². The Bertz CT molecular complexity index is 1630. The number of nitrogens with one attached hydrogen (secondary N) is 1. The monoisotopic (exact) mass is 620 g/mol. The van der Waals surface area contributed by atoms with Gasteiger partial charge in [-0.15, -0.1) is 0 Å². The van der Waals surface area contributed by atoms with Crippen LogP contribution in [0, 0.1) is 6.92 Å². The Morgan fingerprint density at radius 1 is 0.909 bits per heavy atom. The summed E-state index contributed by atoms with van der Waals surface area (Å²) in [6, 6.07) is 14.5. The number of ether oxygens (including phenoxy) is 1. The molecule has 0 aliphatic rings. The quantitative estimate of drug-likeness (QED) is 0.171. The SMILES string of the molecule is Cc1oc(-c2ccccc2)nc1CCOc1ccc(CCC(=O)O)c(CNC(=O)c2cc(C(F)(F)F)ccc2C(F)(F)F)c1. The largest absolute Gasteiger partial charge is 0.493 e. The van der Waals surface area contributed by atoms with Gasteiger partial charge in [-0.3, -0.25) is 9.59 Å². The number of carbonyl (C=O) groups excluding carboxylic acids is 1. The Balaban J connectivity index is 1.50. The van der Waals surface area contributed by atoms with Gasteiger partial charge in [-0.05, 0) is 66.9 Å². The summed E-state index contributed by atoms with van der Waals surface area (Å²) in [4.78, 5) is 28.4. The molecule has 0 aliphatic carbocycles. The Morgan fingerprint density at radius 3 is 2.30 bits per heavy atom. The van der Waals surface area contributed by atoms with E-state index in [4.69, 9.17) is 14.3 Å². The van der Waals surface area contributed by atoms with Crippen molar-refractivity contribution in [3.8, 4) is 17.2 Å². The minimum atomic E-state index is -5.08. The second-order valence-corrected chi connectivity index (χ2v) is 9.75. The van der Waals surface area contributed by atoms with Crippen molar-refractivity contribution in [2.24, 2.45) is 0 Å². The van der Waals surface area contributed by atoms with Crippen molar-refractivity contribution in [3.05, 3.63) is 106 Å². The third-order valence-corrected chi connectivity index (χ3v) is 6.64. The normalized spacial score (nSPS) is 11.8. The zero-order chi connectivity index (χ0) is 32.1. The molecule has 1 heterocycles. The number of alkyl halides is 6. The van der Waals surface area contributed by atoms with E-state index < -0.39 is 47.5 Å². The van der Waals surface area contributed by atoms with E-state index in [1.807, 2.05) is 30.3 Å². The highest BCUT2D eigenvalue weighted by atomic mass is 19.4. The maximum Gasteiger partial charge on any atom is 0.417 e. The van der Waals surface area contributed by atoms with E-state index in [1.165, 1.54) is 6.07 Å². The van der Waals surface area contributed by atoms with Crippen molar-refractivity contribution in [2.75, 3.05) is 6.61 Å². The molecule has 4 rings (SSSR count). The first kappa shape index (κ1) is 32.1. The van der Waals surface area contributed by atoms with E-state index in [1.54, 1.807) is 19.1 Å². The van der Waals surface area contributed by atoms with E-state index in [0.717, 1.165) is 5.56 Å². The minimum absolute atomic E-state index is 0.0264. The van der Waals surface area contributed by atoms with E-state index in [0.29, 0.717) is 40.6 Å². The number of oxazole rings is 1. The van der Waals surface area contributed by atoms with Crippen LogP contribution in [0.25, 0.3) is 11.5 Å². The van der Waals surface area contributed by atoms with Gasteiger partial charge < -0.3 is 19.6 Å². The molecule has 0 bridgehead atoms. The summed E-state index contributed by atoms with van der Waals surface area (Å²) < 4.78 is 91.6. The highest BCUT2D eigenvalue weighted by molar-refractivity contribution is 5.96. The molecule has 0 saturated heterocycles. The molecule has 2 N–H and O–H groups in total. The molecule has 1 aromatic heterocycles. The highest BCUT2D eigenvalue weighted by Gasteiger charge is 2.38. The summed E-state index contributed by atoms with van der Waals surface area (Å²) in [5, 5.41) is 11.3. The molecule has 1 amide bonds. The second kappa shape index (κ2) is 13.2. The number of nitrogens with zero attached hydrogens (tertiary/aromatic N) is 1. The van der Waals surface area contributed by atoms with E-state index in [-0.39, 0.29) is 37.6 Å². The summed E-state index contributed by atoms with van der Waals surface area (Å²) in [7, 11) is 0. The first-order chi connectivity index (χ1) is 20.7. The molecule has 0 aliphatic heterocycles. The van der Waals surface area contributed by atoms with Gasteiger partial charge in [-0.25, -0.2) is 4.98 Å². The van der Waals surface area contributed by atoms with Crippen LogP contribution >= 0.6 is 0 Å². The van der Waals surface area contributed by atoms with Crippen LogP contribution in [0.4, 0.5) is 26.3 Å². The lowest BCUT2D eigenvalue weighted by molar-refractivity contribution is -0.141. The number of rotatable bonds is 11. The maximum atomic E-state index is 13.5. The van der Waals surface area contributed by atoms with Crippen LogP contribution in [0.15, 0.2) is 71.1 Å². The Hall–Kier alpha value is -4.81. The summed E-state index contributed by atoms with van der Waals surface area (Å²) in [6.07, 6.45) is -9.94. The number of carboxylic acid groups (broad SMARTS) is 1. The minimum Gasteiger partial charge on any atom is -0.493 e. The van der Waals surface area contributed by atoms with Gasteiger partial charge in [0.25, 0.3) is 5.91 Å². The summed E-state index contributed by atoms with van der Waals surface area (Å²) in [5.41, 5.74) is -1.88. The molecule has 4 aromatic rings. The van der Waals surface area contributed by atoms with Crippen molar-refractivity contribution in [2.45, 2.75) is 45.1 Å². The molecule has 3 aromatic carbocycles. The van der Waals surface area contributed by atoms with Crippen molar-refractivity contribution >= 4 is 11.9 Å². The predicted molar refractivity (Wildman–Crippen MR) is 146 cm³/mol. The van der Waals surface area contributed by atoms with Crippen LogP contribution in [0.2, 0.25) is 0 Å². The highest BCUT2D eigenvalue weighted by Crippen LogP contribution is 2.36. The zero-order valence-electron chi connectivity index (χ0n) is 23.2. The number of carboxylic acids is 1. The number of aromatic nitrogens is 1. The van der Waals surface area contributed by atoms with Crippen molar-refractivity contribution < 1.29 is 50.2 Å². The molecule has 0 unspecified atom stereocenters. The van der Waals surface area contributed by atoms with Gasteiger partial charge in [0.1, 0.15) is 11.5 Å². The third-order valence-electron chi connectivity index (χ3n) is 6.64. The third kappa shape index (κ3) is 8.17. The van der Waals surface area contributed by atoms with Gasteiger partial charge in [0.05, 0.1) is 29.0 Å². The van der Waals surface area contributed by atoms with Crippen LogP contribution in [0.5, 0.6) is 5.75 Å². The van der Waals surface area contributed by atoms with Crippen molar-refractivity contribution in [1.29, 1.82) is 0 Å². The Kier molecular flexibility index (Phi) is 9.65. The average molecular weight is 621 g/mol. The van der Waals surface area contributed by atoms with Crippen LogP contribution in [-0.2, 0) is 36.5 Å². The molecule has 7 nitrogen and oxygen atoms in total. The lowest BCUT2D eigenvalue weighted by Gasteiger charge is -2.17. The molecular weight excluding hydrogens is 594 g/mol. The maximum absolute atomic E-state index is 13.5. The molecule has 0 fully saturated rings. The number of benzene rings is 3. The van der Waals surface area contributed by atoms with Gasteiger partial charge in [0.2, 0.25) is 5.89 Å². The van der Waals surface area contributed by atoms with Crippen LogP contribution < -0.4 is 10.1 Å².